The zero-order chi connectivity index (χ0) is 16.0. The van der Waals surface area contributed by atoms with Gasteiger partial charge in [-0.3, -0.25) is 0 Å². The van der Waals surface area contributed by atoms with Crippen LogP contribution in [0.4, 0.5) is 10.5 Å². The Balaban J connectivity index is 2.01. The third-order valence-electron chi connectivity index (χ3n) is 3.66. The van der Waals surface area contributed by atoms with E-state index in [9.17, 15) is 4.79 Å². The summed E-state index contributed by atoms with van der Waals surface area (Å²) in [5.41, 5.74) is 0.772. The molecule has 4 nitrogen and oxygen atoms in total. The number of carbonyl (C=O) groups excluding carboxylic acids is 1. The zero-order valence-electron chi connectivity index (χ0n) is 14.0. The molecule has 0 fully saturated rings. The number of rotatable bonds is 11. The first-order chi connectivity index (χ1) is 10.8. The molecule has 0 bridgehead atoms. The summed E-state index contributed by atoms with van der Waals surface area (Å²) in [5.74, 6) is 0.782. The van der Waals surface area contributed by atoms with Crippen molar-refractivity contribution < 1.29 is 9.53 Å². The predicted octanol–water partition coefficient (Wildman–Crippen LogP) is 4.96. The fourth-order valence-electron chi connectivity index (χ4n) is 2.31. The summed E-state index contributed by atoms with van der Waals surface area (Å²) in [4.78, 5) is 11.7. The minimum absolute atomic E-state index is 0.145. The van der Waals surface area contributed by atoms with Crippen LogP contribution in [-0.4, -0.2) is 19.7 Å². The molecular weight excluding hydrogens is 276 g/mol. The molecule has 0 aliphatic carbocycles. The fraction of sp³-hybridized carbons (Fsp3) is 0.611. The number of amides is 2. The molecule has 0 heterocycles. The monoisotopic (exact) mass is 306 g/mol. The summed E-state index contributed by atoms with van der Waals surface area (Å²) in [5, 5.41) is 5.70. The molecule has 22 heavy (non-hydrogen) atoms. The Bertz CT molecular complexity index is 404. The normalized spacial score (nSPS) is 10.3. The number of anilines is 1. The van der Waals surface area contributed by atoms with Crippen molar-refractivity contribution in [3.05, 3.63) is 24.3 Å². The van der Waals surface area contributed by atoms with Crippen LogP contribution >= 0.6 is 0 Å². The second-order valence-electron chi connectivity index (χ2n) is 5.58. The third kappa shape index (κ3) is 8.55. The predicted molar refractivity (Wildman–Crippen MR) is 92.6 cm³/mol. The number of hydrogen-bond acceptors (Lipinski definition) is 2. The lowest BCUT2D eigenvalue weighted by atomic mass is 10.1. The average Bonchev–Trinajstić information content (AvgIpc) is 2.54. The summed E-state index contributed by atoms with van der Waals surface area (Å²) >= 11 is 0. The van der Waals surface area contributed by atoms with Gasteiger partial charge in [0.1, 0.15) is 5.75 Å². The van der Waals surface area contributed by atoms with E-state index >= 15 is 0 Å². The van der Waals surface area contributed by atoms with Gasteiger partial charge in [0.15, 0.2) is 0 Å². The molecule has 1 aromatic rings. The second kappa shape index (κ2) is 11.9. The number of methoxy groups -OCH3 is 1. The number of benzene rings is 1. The maximum absolute atomic E-state index is 11.7. The number of ether oxygens (including phenoxy) is 1. The highest BCUT2D eigenvalue weighted by Crippen LogP contribution is 2.14. The summed E-state index contributed by atoms with van der Waals surface area (Å²) < 4.78 is 5.08. The Morgan fingerprint density at radius 1 is 0.955 bits per heavy atom. The van der Waals surface area contributed by atoms with Crippen molar-refractivity contribution >= 4 is 11.7 Å². The zero-order valence-corrected chi connectivity index (χ0v) is 14.0. The van der Waals surface area contributed by atoms with Gasteiger partial charge >= 0.3 is 6.03 Å². The lowest BCUT2D eigenvalue weighted by molar-refractivity contribution is 0.252. The van der Waals surface area contributed by atoms with Crippen molar-refractivity contribution in [1.82, 2.24) is 5.32 Å². The Morgan fingerprint density at radius 2 is 1.55 bits per heavy atom. The van der Waals surface area contributed by atoms with Gasteiger partial charge in [0.25, 0.3) is 0 Å². The van der Waals surface area contributed by atoms with Crippen LogP contribution < -0.4 is 15.4 Å². The van der Waals surface area contributed by atoms with E-state index in [4.69, 9.17) is 4.74 Å². The first kappa shape index (κ1) is 18.3. The molecule has 0 radical (unpaired) electrons. The van der Waals surface area contributed by atoms with Gasteiger partial charge in [0, 0.05) is 12.2 Å². The molecule has 1 rings (SSSR count). The summed E-state index contributed by atoms with van der Waals surface area (Å²) in [6, 6.07) is 7.17. The van der Waals surface area contributed by atoms with Crippen LogP contribution in [0.15, 0.2) is 24.3 Å². The van der Waals surface area contributed by atoms with Crippen LogP contribution in [0.2, 0.25) is 0 Å². The Kier molecular flexibility index (Phi) is 9.92. The maximum atomic E-state index is 11.7. The van der Waals surface area contributed by atoms with Crippen LogP contribution in [-0.2, 0) is 0 Å². The molecule has 2 amide bonds. The number of unbranched alkanes of at least 4 members (excludes halogenated alkanes) is 7. The molecule has 2 N–H and O–H groups in total. The second-order valence-corrected chi connectivity index (χ2v) is 5.58. The number of urea groups is 1. The van der Waals surface area contributed by atoms with Crippen molar-refractivity contribution in [2.24, 2.45) is 0 Å². The minimum atomic E-state index is -0.145. The van der Waals surface area contributed by atoms with E-state index in [0.29, 0.717) is 0 Å². The van der Waals surface area contributed by atoms with E-state index in [0.717, 1.165) is 24.4 Å². The molecule has 4 heteroatoms. The SMILES string of the molecule is CCCCCCCCCCNC(=O)Nc1ccc(OC)cc1. The maximum Gasteiger partial charge on any atom is 0.319 e. The highest BCUT2D eigenvalue weighted by Gasteiger charge is 2.01. The fourth-order valence-corrected chi connectivity index (χ4v) is 2.31. The molecule has 0 saturated heterocycles. The lowest BCUT2D eigenvalue weighted by Gasteiger charge is -2.08. The van der Waals surface area contributed by atoms with Gasteiger partial charge in [-0.05, 0) is 30.7 Å². The van der Waals surface area contributed by atoms with Crippen LogP contribution in [0, 0.1) is 0 Å². The van der Waals surface area contributed by atoms with E-state index in [1.54, 1.807) is 7.11 Å². The number of nitrogens with one attached hydrogen (secondary N) is 2. The molecule has 0 atom stereocenters. The molecular formula is C18H30N2O2. The Morgan fingerprint density at radius 3 is 2.14 bits per heavy atom. The average molecular weight is 306 g/mol. The van der Waals surface area contributed by atoms with Crippen LogP contribution in [0.1, 0.15) is 58.3 Å². The van der Waals surface area contributed by atoms with Crippen molar-refractivity contribution in [1.29, 1.82) is 0 Å². The summed E-state index contributed by atoms with van der Waals surface area (Å²) in [6.07, 6.45) is 10.2. The standard InChI is InChI=1S/C18H30N2O2/c1-3-4-5-6-7-8-9-10-15-19-18(21)20-16-11-13-17(22-2)14-12-16/h11-14H,3-10,15H2,1-2H3,(H2,19,20,21). The lowest BCUT2D eigenvalue weighted by Crippen LogP contribution is -2.29. The van der Waals surface area contributed by atoms with Crippen molar-refractivity contribution in [3.8, 4) is 5.75 Å². The van der Waals surface area contributed by atoms with Gasteiger partial charge in [0.2, 0.25) is 0 Å². The van der Waals surface area contributed by atoms with E-state index in [-0.39, 0.29) is 6.03 Å². The molecule has 0 spiro atoms. The van der Waals surface area contributed by atoms with Gasteiger partial charge in [-0.1, -0.05) is 51.9 Å². The summed E-state index contributed by atoms with van der Waals surface area (Å²) in [7, 11) is 1.62. The van der Waals surface area contributed by atoms with Crippen LogP contribution in [0.5, 0.6) is 5.75 Å². The first-order valence-corrected chi connectivity index (χ1v) is 8.45. The van der Waals surface area contributed by atoms with E-state index in [1.165, 1.54) is 44.9 Å². The Hall–Kier alpha value is -1.71. The molecule has 0 aliphatic rings. The van der Waals surface area contributed by atoms with Crippen LogP contribution in [0.25, 0.3) is 0 Å². The van der Waals surface area contributed by atoms with E-state index in [2.05, 4.69) is 17.6 Å². The van der Waals surface area contributed by atoms with Gasteiger partial charge < -0.3 is 15.4 Å². The molecule has 0 aromatic heterocycles. The number of carbonyl (C=O) groups is 1. The van der Waals surface area contributed by atoms with Gasteiger partial charge in [-0.2, -0.15) is 0 Å². The third-order valence-corrected chi connectivity index (χ3v) is 3.66. The molecule has 124 valence electrons. The van der Waals surface area contributed by atoms with Gasteiger partial charge in [-0.25, -0.2) is 4.79 Å². The molecule has 0 aliphatic heterocycles. The molecule has 1 aromatic carbocycles. The largest absolute Gasteiger partial charge is 0.497 e. The van der Waals surface area contributed by atoms with Crippen molar-refractivity contribution in [2.45, 2.75) is 58.3 Å². The highest BCUT2D eigenvalue weighted by atomic mass is 16.5. The first-order valence-electron chi connectivity index (χ1n) is 8.45. The highest BCUT2D eigenvalue weighted by molar-refractivity contribution is 5.89. The van der Waals surface area contributed by atoms with Gasteiger partial charge in [0.05, 0.1) is 7.11 Å². The van der Waals surface area contributed by atoms with E-state index < -0.39 is 0 Å². The summed E-state index contributed by atoms with van der Waals surface area (Å²) in [6.45, 7) is 2.97. The smallest absolute Gasteiger partial charge is 0.319 e. The quantitative estimate of drug-likeness (QED) is 0.568. The minimum Gasteiger partial charge on any atom is -0.497 e. The number of hydrogen-bond donors (Lipinski definition) is 2. The van der Waals surface area contributed by atoms with Crippen LogP contribution in [0.3, 0.4) is 0 Å². The Labute approximate surface area is 134 Å². The van der Waals surface area contributed by atoms with Crippen molar-refractivity contribution in [3.63, 3.8) is 0 Å². The molecule has 0 saturated carbocycles. The van der Waals surface area contributed by atoms with Gasteiger partial charge in [-0.15, -0.1) is 0 Å². The topological polar surface area (TPSA) is 50.4 Å². The molecule has 0 unspecified atom stereocenters. The van der Waals surface area contributed by atoms with E-state index in [1.807, 2.05) is 24.3 Å². The van der Waals surface area contributed by atoms with Crippen molar-refractivity contribution in [2.75, 3.05) is 19.0 Å².